The Morgan fingerprint density at radius 1 is 1.24 bits per heavy atom. The number of aromatic amines is 1. The predicted octanol–water partition coefficient (Wildman–Crippen LogP) is 2.93. The Balaban J connectivity index is 1.65. The minimum atomic E-state index is 0.472. The molecule has 0 atom stereocenters. The lowest BCUT2D eigenvalue weighted by molar-refractivity contribution is 0.285. The summed E-state index contributed by atoms with van der Waals surface area (Å²) in [6, 6.07) is 13.9. The van der Waals surface area contributed by atoms with Gasteiger partial charge in [-0.15, -0.1) is 0 Å². The molecule has 0 radical (unpaired) electrons. The number of hydrogen-bond acceptors (Lipinski definition) is 4. The van der Waals surface area contributed by atoms with Crippen LogP contribution in [0.4, 0.5) is 5.95 Å². The van der Waals surface area contributed by atoms with E-state index in [1.54, 1.807) is 7.11 Å². The van der Waals surface area contributed by atoms with E-state index in [2.05, 4.69) is 14.9 Å². The molecule has 1 N–H and O–H groups in total. The van der Waals surface area contributed by atoms with E-state index in [0.29, 0.717) is 6.73 Å². The average Bonchev–Trinajstić information content (AvgIpc) is 2.98. The zero-order chi connectivity index (χ0) is 14.2. The molecular weight excluding hydrogens is 266 g/mol. The highest BCUT2D eigenvalue weighted by Gasteiger charge is 2.20. The van der Waals surface area contributed by atoms with Gasteiger partial charge in [0, 0.05) is 11.6 Å². The van der Waals surface area contributed by atoms with Crippen molar-refractivity contribution >= 4 is 17.0 Å². The van der Waals surface area contributed by atoms with Crippen molar-refractivity contribution in [2.24, 2.45) is 0 Å². The molecule has 3 aromatic rings. The number of anilines is 1. The number of fused-ring (bicyclic) bond motifs is 2. The second-order valence-corrected chi connectivity index (χ2v) is 5.02. The molecule has 5 nitrogen and oxygen atoms in total. The molecular formula is C16H15N3O2. The van der Waals surface area contributed by atoms with E-state index in [0.717, 1.165) is 40.6 Å². The van der Waals surface area contributed by atoms with Gasteiger partial charge in [-0.25, -0.2) is 4.98 Å². The summed E-state index contributed by atoms with van der Waals surface area (Å²) in [5.74, 6) is 2.52. The second kappa shape index (κ2) is 4.70. The van der Waals surface area contributed by atoms with Crippen molar-refractivity contribution in [3.8, 4) is 11.5 Å². The number of methoxy groups -OCH3 is 1. The van der Waals surface area contributed by atoms with Gasteiger partial charge in [0.05, 0.1) is 24.7 Å². The van der Waals surface area contributed by atoms with Gasteiger partial charge < -0.3 is 19.4 Å². The van der Waals surface area contributed by atoms with Crippen LogP contribution in [0.3, 0.4) is 0 Å². The first kappa shape index (κ1) is 12.1. The van der Waals surface area contributed by atoms with Gasteiger partial charge in [-0.1, -0.05) is 12.1 Å². The van der Waals surface area contributed by atoms with Gasteiger partial charge >= 0.3 is 0 Å². The van der Waals surface area contributed by atoms with Gasteiger partial charge in [0.15, 0.2) is 6.73 Å². The van der Waals surface area contributed by atoms with Crippen LogP contribution in [-0.2, 0) is 6.54 Å². The Morgan fingerprint density at radius 3 is 3.00 bits per heavy atom. The first-order chi connectivity index (χ1) is 10.3. The molecule has 21 heavy (non-hydrogen) atoms. The third kappa shape index (κ3) is 2.07. The van der Waals surface area contributed by atoms with Crippen molar-refractivity contribution in [3.63, 3.8) is 0 Å². The average molecular weight is 281 g/mol. The second-order valence-electron chi connectivity index (χ2n) is 5.02. The van der Waals surface area contributed by atoms with Crippen LogP contribution in [0.2, 0.25) is 0 Å². The zero-order valence-corrected chi connectivity index (χ0v) is 11.7. The van der Waals surface area contributed by atoms with Crippen molar-refractivity contribution in [2.75, 3.05) is 18.7 Å². The maximum atomic E-state index is 5.81. The number of rotatable bonds is 2. The van der Waals surface area contributed by atoms with Crippen molar-refractivity contribution < 1.29 is 9.47 Å². The highest BCUT2D eigenvalue weighted by molar-refractivity contribution is 5.77. The van der Waals surface area contributed by atoms with Gasteiger partial charge in [0.25, 0.3) is 0 Å². The van der Waals surface area contributed by atoms with Gasteiger partial charge in [-0.2, -0.15) is 0 Å². The Kier molecular flexibility index (Phi) is 2.70. The van der Waals surface area contributed by atoms with Crippen LogP contribution < -0.4 is 14.4 Å². The summed E-state index contributed by atoms with van der Waals surface area (Å²) in [6.45, 7) is 1.24. The van der Waals surface area contributed by atoms with Crippen LogP contribution in [0.25, 0.3) is 11.0 Å². The maximum Gasteiger partial charge on any atom is 0.206 e. The third-order valence-corrected chi connectivity index (χ3v) is 3.69. The fourth-order valence-electron chi connectivity index (χ4n) is 2.55. The summed E-state index contributed by atoms with van der Waals surface area (Å²) in [5, 5.41) is 0. The molecule has 2 heterocycles. The number of hydrogen-bond donors (Lipinski definition) is 1. The number of nitrogens with zero attached hydrogens (tertiary/aromatic N) is 2. The smallest absolute Gasteiger partial charge is 0.206 e. The Bertz CT molecular complexity index is 764. The lowest BCUT2D eigenvalue weighted by Crippen LogP contribution is -2.32. The first-order valence-electron chi connectivity index (χ1n) is 6.83. The molecule has 0 amide bonds. The van der Waals surface area contributed by atoms with Crippen molar-refractivity contribution in [1.82, 2.24) is 9.97 Å². The topological polar surface area (TPSA) is 50.4 Å². The minimum absolute atomic E-state index is 0.472. The monoisotopic (exact) mass is 281 g/mol. The maximum absolute atomic E-state index is 5.81. The number of imidazole rings is 1. The van der Waals surface area contributed by atoms with E-state index in [-0.39, 0.29) is 0 Å². The van der Waals surface area contributed by atoms with Crippen LogP contribution in [0, 0.1) is 0 Å². The molecule has 0 unspecified atom stereocenters. The van der Waals surface area contributed by atoms with Crippen molar-refractivity contribution in [2.45, 2.75) is 6.54 Å². The summed E-state index contributed by atoms with van der Waals surface area (Å²) in [7, 11) is 1.66. The molecule has 5 heteroatoms. The molecule has 1 aliphatic heterocycles. The summed E-state index contributed by atoms with van der Waals surface area (Å²) in [4.78, 5) is 10.0. The number of para-hydroxylation sites is 2. The zero-order valence-electron chi connectivity index (χ0n) is 11.7. The molecule has 0 fully saturated rings. The van der Waals surface area contributed by atoms with Crippen LogP contribution in [0.1, 0.15) is 5.56 Å². The van der Waals surface area contributed by atoms with Crippen LogP contribution in [0.5, 0.6) is 11.5 Å². The van der Waals surface area contributed by atoms with E-state index < -0.39 is 0 Å². The molecule has 2 aromatic carbocycles. The van der Waals surface area contributed by atoms with Crippen molar-refractivity contribution in [3.05, 3.63) is 48.0 Å². The third-order valence-electron chi connectivity index (χ3n) is 3.69. The van der Waals surface area contributed by atoms with E-state index >= 15 is 0 Å². The largest absolute Gasteiger partial charge is 0.497 e. The molecule has 1 aliphatic rings. The summed E-state index contributed by atoms with van der Waals surface area (Å²) in [5.41, 5.74) is 3.13. The van der Waals surface area contributed by atoms with E-state index in [1.165, 1.54) is 0 Å². The highest BCUT2D eigenvalue weighted by atomic mass is 16.5. The van der Waals surface area contributed by atoms with Gasteiger partial charge in [-0.3, -0.25) is 0 Å². The van der Waals surface area contributed by atoms with E-state index in [1.807, 2.05) is 42.5 Å². The van der Waals surface area contributed by atoms with Crippen molar-refractivity contribution in [1.29, 1.82) is 0 Å². The molecule has 1 aromatic heterocycles. The molecule has 4 rings (SSSR count). The van der Waals surface area contributed by atoms with Gasteiger partial charge in [0.1, 0.15) is 11.5 Å². The quantitative estimate of drug-likeness (QED) is 0.784. The molecule has 0 saturated heterocycles. The lowest BCUT2D eigenvalue weighted by Gasteiger charge is -2.28. The standard InChI is InChI=1S/C16H15N3O2/c1-20-12-7-6-11-9-19(10-21-15(11)8-12)16-17-13-4-2-3-5-14(13)18-16/h2-8H,9-10H2,1H3,(H,17,18). The SMILES string of the molecule is COc1ccc2c(c1)OCN(c1nc3ccccc3[nH]1)C2. The summed E-state index contributed by atoms with van der Waals surface area (Å²) >= 11 is 0. The Hall–Kier alpha value is -2.69. The minimum Gasteiger partial charge on any atom is -0.497 e. The fourth-order valence-corrected chi connectivity index (χ4v) is 2.55. The number of nitrogens with one attached hydrogen (secondary N) is 1. The molecule has 0 saturated carbocycles. The number of ether oxygens (including phenoxy) is 2. The number of aromatic nitrogens is 2. The van der Waals surface area contributed by atoms with Crippen LogP contribution >= 0.6 is 0 Å². The Morgan fingerprint density at radius 2 is 2.14 bits per heavy atom. The molecule has 0 bridgehead atoms. The van der Waals surface area contributed by atoms with E-state index in [9.17, 15) is 0 Å². The molecule has 106 valence electrons. The van der Waals surface area contributed by atoms with Crippen LogP contribution in [-0.4, -0.2) is 23.8 Å². The fraction of sp³-hybridized carbons (Fsp3) is 0.188. The van der Waals surface area contributed by atoms with Gasteiger partial charge in [0.2, 0.25) is 5.95 Å². The predicted molar refractivity (Wildman–Crippen MR) is 80.8 cm³/mol. The van der Waals surface area contributed by atoms with Gasteiger partial charge in [-0.05, 0) is 24.3 Å². The lowest BCUT2D eigenvalue weighted by atomic mass is 10.1. The summed E-state index contributed by atoms with van der Waals surface area (Å²) in [6.07, 6.45) is 0. The van der Waals surface area contributed by atoms with E-state index in [4.69, 9.17) is 9.47 Å². The number of benzene rings is 2. The summed E-state index contributed by atoms with van der Waals surface area (Å²) < 4.78 is 11.0. The molecule has 0 aliphatic carbocycles. The normalized spacial score (nSPS) is 13.9. The molecule has 0 spiro atoms. The Labute approximate surface area is 122 Å². The van der Waals surface area contributed by atoms with Crippen LogP contribution in [0.15, 0.2) is 42.5 Å². The number of H-pyrrole nitrogens is 1. The highest BCUT2D eigenvalue weighted by Crippen LogP contribution is 2.31. The first-order valence-corrected chi connectivity index (χ1v) is 6.83.